The van der Waals surface area contributed by atoms with Crippen LogP contribution in [0.25, 0.3) is 0 Å². The predicted octanol–water partition coefficient (Wildman–Crippen LogP) is 1.64. The van der Waals surface area contributed by atoms with E-state index in [-0.39, 0.29) is 5.55 Å². The van der Waals surface area contributed by atoms with E-state index in [9.17, 15) is 4.39 Å². The Balaban J connectivity index is 2.85. The molecule has 0 saturated heterocycles. The third-order valence-electron chi connectivity index (χ3n) is 0.310. The molecule has 0 fully saturated rings. The lowest BCUT2D eigenvalue weighted by molar-refractivity contribution is 0.799. The van der Waals surface area contributed by atoms with Gasteiger partial charge in [-0.25, -0.2) is 4.39 Å². The molecule has 0 N–H and O–H groups in total. The van der Waals surface area contributed by atoms with E-state index in [1.807, 2.05) is 0 Å². The summed E-state index contributed by atoms with van der Waals surface area (Å²) in [5.41, 5.74) is -0.190. The van der Waals surface area contributed by atoms with Gasteiger partial charge in [-0.1, -0.05) is 15.8 Å². The zero-order valence-corrected chi connectivity index (χ0v) is 4.09. The first kappa shape index (κ1) is 5.10. The van der Waals surface area contributed by atoms with Crippen LogP contribution in [0.5, 0.6) is 0 Å². The van der Waals surface area contributed by atoms with E-state index in [1.165, 1.54) is 0 Å². The highest BCUT2D eigenvalue weighted by molar-refractivity contribution is 7.20. The molecule has 0 amide bonds. The summed E-state index contributed by atoms with van der Waals surface area (Å²) in [7, 11) is 2.67. The van der Waals surface area contributed by atoms with E-state index < -0.39 is 0 Å². The van der Waals surface area contributed by atoms with E-state index in [4.69, 9.17) is 0 Å². The molecule has 0 heterocycles. The van der Waals surface area contributed by atoms with Crippen LogP contribution >= 0.6 is 8.86 Å². The van der Waals surface area contributed by atoms with Crippen molar-refractivity contribution in [2.75, 3.05) is 0 Å². The summed E-state index contributed by atoms with van der Waals surface area (Å²) in [6.45, 7) is 1.74. The summed E-state index contributed by atoms with van der Waals surface area (Å²) in [5.74, 6) is 0. The first-order valence-corrected chi connectivity index (χ1v) is 2.00. The van der Waals surface area contributed by atoms with Crippen molar-refractivity contribution in [1.29, 1.82) is 0 Å². The van der Waals surface area contributed by atoms with Crippen LogP contribution in [0.3, 0.4) is 0 Å². The van der Waals surface area contributed by atoms with Gasteiger partial charge in [0.05, 0.1) is 0 Å². The van der Waals surface area contributed by atoms with Crippen molar-refractivity contribution >= 4 is 14.4 Å². The number of halogens is 1. The van der Waals surface area contributed by atoms with Crippen molar-refractivity contribution in [3.63, 3.8) is 0 Å². The van der Waals surface area contributed by atoms with E-state index in [1.54, 1.807) is 6.92 Å². The molecule has 0 spiro atoms. The molecule has 0 bridgehead atoms. The number of hydrogen-bond donors (Lipinski definition) is 0. The smallest absolute Gasteiger partial charge is 0.119 e. The van der Waals surface area contributed by atoms with E-state index in [2.05, 4.69) is 8.86 Å². The molecule has 0 aromatic rings. The molecule has 5 heavy (non-hydrogen) atoms. The van der Waals surface area contributed by atoms with Crippen LogP contribution in [0.15, 0.2) is 0 Å². The molecule has 2 heteroatoms. The maximum Gasteiger partial charge on any atom is 0.119 e. The highest BCUT2D eigenvalue weighted by Gasteiger charge is 1.75. The van der Waals surface area contributed by atoms with Crippen LogP contribution in [0, 0.1) is 0 Å². The van der Waals surface area contributed by atoms with Crippen molar-refractivity contribution < 1.29 is 4.39 Å². The third kappa shape index (κ3) is 4.10. The van der Waals surface area contributed by atoms with E-state index >= 15 is 0 Å². The number of hydrogen-bond acceptors (Lipinski definition) is 0. The Morgan fingerprint density at radius 1 is 2.00 bits per heavy atom. The minimum atomic E-state index is -0.190. The fourth-order valence-electron chi connectivity index (χ4n) is 0. The van der Waals surface area contributed by atoms with Crippen LogP contribution < -0.4 is 0 Å². The van der Waals surface area contributed by atoms with Gasteiger partial charge in [0.25, 0.3) is 0 Å². The predicted molar refractivity (Wildman–Crippen MR) is 24.7 cm³/mol. The van der Waals surface area contributed by atoms with Gasteiger partial charge in [0, 0.05) is 6.42 Å². The Morgan fingerprint density at radius 3 is 2.20 bits per heavy atom. The first-order valence-electron chi connectivity index (χ1n) is 1.50. The molecule has 0 aliphatic rings. The quantitative estimate of drug-likeness (QED) is 0.431. The second-order valence-electron chi connectivity index (χ2n) is 0.758. The SMILES string of the molecule is CCC(F)=P. The van der Waals surface area contributed by atoms with Gasteiger partial charge >= 0.3 is 0 Å². The van der Waals surface area contributed by atoms with Crippen LogP contribution in [0.1, 0.15) is 13.3 Å². The normalized spacial score (nSPS) is 7.60. The Kier molecular flexibility index (Phi) is 2.39. The Bertz CT molecular complexity index is 42.2. The lowest BCUT2D eigenvalue weighted by atomic mass is 10.6. The summed E-state index contributed by atoms with van der Waals surface area (Å²) in [4.78, 5) is 0. The zero-order chi connectivity index (χ0) is 4.28. The highest BCUT2D eigenvalue weighted by Crippen LogP contribution is 1.84. The van der Waals surface area contributed by atoms with Crippen LogP contribution in [-0.2, 0) is 0 Å². The molecular weight excluding hydrogens is 86.0 g/mol. The molecule has 0 atom stereocenters. The Morgan fingerprint density at radius 2 is 2.20 bits per heavy atom. The molecule has 0 aliphatic heterocycles. The van der Waals surface area contributed by atoms with Crippen molar-refractivity contribution in [3.05, 3.63) is 0 Å². The standard InChI is InChI=1S/C3H6FP/c1-2-3(4)5/h5H,2H2,1H3. The molecule has 30 valence electrons. The summed E-state index contributed by atoms with van der Waals surface area (Å²) in [6, 6.07) is 0. The fourth-order valence-corrected chi connectivity index (χ4v) is 0. The van der Waals surface area contributed by atoms with E-state index in [0.29, 0.717) is 6.42 Å². The van der Waals surface area contributed by atoms with Crippen molar-refractivity contribution in [2.45, 2.75) is 13.3 Å². The lowest BCUT2D eigenvalue weighted by Gasteiger charge is -1.73. The molecule has 0 aliphatic carbocycles. The van der Waals surface area contributed by atoms with Gasteiger partial charge in [0.1, 0.15) is 5.55 Å². The molecule has 0 nitrogen and oxygen atoms in total. The summed E-state index contributed by atoms with van der Waals surface area (Å²) >= 11 is 0. The van der Waals surface area contributed by atoms with Crippen molar-refractivity contribution in [3.8, 4) is 0 Å². The maximum absolute atomic E-state index is 11.3. The first-order chi connectivity index (χ1) is 2.27. The minimum absolute atomic E-state index is 0.190. The summed E-state index contributed by atoms with van der Waals surface area (Å²) < 4.78 is 11.3. The van der Waals surface area contributed by atoms with Crippen LogP contribution in [0.4, 0.5) is 4.39 Å². The molecule has 0 rings (SSSR count). The monoisotopic (exact) mass is 92.0 g/mol. The van der Waals surface area contributed by atoms with Gasteiger partial charge in [-0.2, -0.15) is 0 Å². The summed E-state index contributed by atoms with van der Waals surface area (Å²) in [5, 5.41) is 0. The largest absolute Gasteiger partial charge is 0.207 e. The van der Waals surface area contributed by atoms with Gasteiger partial charge in [0.15, 0.2) is 0 Å². The topological polar surface area (TPSA) is 0 Å². The molecule has 0 saturated carbocycles. The fraction of sp³-hybridized carbons (Fsp3) is 0.667. The van der Waals surface area contributed by atoms with Gasteiger partial charge in [-0.05, 0) is 0 Å². The second kappa shape index (κ2) is 2.34. The number of rotatable bonds is 1. The Hall–Kier alpha value is 0.100. The molecule has 0 aromatic carbocycles. The summed E-state index contributed by atoms with van der Waals surface area (Å²) in [6.07, 6.45) is 0.469. The van der Waals surface area contributed by atoms with Crippen LogP contribution in [0.2, 0.25) is 0 Å². The van der Waals surface area contributed by atoms with E-state index in [0.717, 1.165) is 0 Å². The zero-order valence-electron chi connectivity index (χ0n) is 3.09. The van der Waals surface area contributed by atoms with Crippen LogP contribution in [-0.4, -0.2) is 5.55 Å². The molecule has 0 radical (unpaired) electrons. The van der Waals surface area contributed by atoms with Crippen molar-refractivity contribution in [1.82, 2.24) is 0 Å². The van der Waals surface area contributed by atoms with Crippen molar-refractivity contribution in [2.24, 2.45) is 0 Å². The molecular formula is C3H6FP. The maximum atomic E-state index is 11.3. The van der Waals surface area contributed by atoms with Gasteiger partial charge in [0.2, 0.25) is 0 Å². The second-order valence-corrected chi connectivity index (χ2v) is 1.30. The average molecular weight is 92.1 g/mol. The Labute approximate surface area is 33.2 Å². The van der Waals surface area contributed by atoms with Gasteiger partial charge in [-0.15, -0.1) is 0 Å². The lowest BCUT2D eigenvalue weighted by Crippen LogP contribution is -1.71. The minimum Gasteiger partial charge on any atom is -0.207 e. The third-order valence-corrected chi connectivity index (χ3v) is 0.664. The van der Waals surface area contributed by atoms with Gasteiger partial charge < -0.3 is 0 Å². The van der Waals surface area contributed by atoms with Gasteiger partial charge in [-0.3, -0.25) is 0 Å². The highest BCUT2D eigenvalue weighted by atomic mass is 31.0. The molecule has 0 aromatic heterocycles. The molecule has 0 unspecified atom stereocenters. The average Bonchev–Trinajstić information content (AvgIpc) is 1.38.